The number of Topliss-reactive ketones (excluding diaryl/α,β-unsaturated/α-hetero) is 2. The molecule has 44 heavy (non-hydrogen) atoms. The molecule has 1 aliphatic rings. The predicted octanol–water partition coefficient (Wildman–Crippen LogP) is 3.92. The van der Waals surface area contributed by atoms with E-state index in [1.54, 1.807) is 38.3 Å². The Bertz CT molecular complexity index is 1440. The molecule has 4 atom stereocenters. The molecule has 10 nitrogen and oxygen atoms in total. The van der Waals surface area contributed by atoms with Gasteiger partial charge in [0.25, 0.3) is 0 Å². The lowest BCUT2D eigenvalue weighted by molar-refractivity contribution is -0.134. The van der Waals surface area contributed by atoms with E-state index in [2.05, 4.69) is 10.6 Å². The van der Waals surface area contributed by atoms with Crippen molar-refractivity contribution < 1.29 is 38.5 Å². The monoisotopic (exact) mass is 602 g/mol. The van der Waals surface area contributed by atoms with Crippen molar-refractivity contribution in [3.05, 3.63) is 95.6 Å². The maximum atomic E-state index is 13.8. The average molecular weight is 603 g/mol. The third kappa shape index (κ3) is 9.15. The van der Waals surface area contributed by atoms with E-state index in [-0.39, 0.29) is 49.8 Å². The number of nitrogens with one attached hydrogen (secondary N) is 2. The van der Waals surface area contributed by atoms with E-state index in [9.17, 15) is 24.3 Å². The first-order valence-electron chi connectivity index (χ1n) is 14.5. The molecule has 3 aromatic rings. The van der Waals surface area contributed by atoms with Gasteiger partial charge in [0.1, 0.15) is 23.7 Å². The van der Waals surface area contributed by atoms with Crippen LogP contribution in [0.15, 0.2) is 78.9 Å². The van der Waals surface area contributed by atoms with Crippen molar-refractivity contribution in [1.29, 1.82) is 0 Å². The standard InChI is InChI=1S/C34H38N2O8/c1-22(35-33(41)43-20-25-7-5-4-6-8-25)30(38)19-26(17-23-11-15-28(42-3)16-12-23)32(40)36-29(31(39)34(2)21-44-34)18-24-9-13-27(37)14-10-24/h4-16,22,26,29,37H,17-21H2,1-3H3,(H,35,41)(H,36,40)/t22-,26-,29+,34-/m1/s1. The van der Waals surface area contributed by atoms with Crippen LogP contribution in [0.3, 0.4) is 0 Å². The first-order valence-corrected chi connectivity index (χ1v) is 14.5. The summed E-state index contributed by atoms with van der Waals surface area (Å²) in [5.74, 6) is -1.23. The minimum Gasteiger partial charge on any atom is -0.508 e. The van der Waals surface area contributed by atoms with Crippen LogP contribution < -0.4 is 15.4 Å². The molecule has 3 aromatic carbocycles. The van der Waals surface area contributed by atoms with Crippen LogP contribution in [0.1, 0.15) is 37.0 Å². The molecule has 0 spiro atoms. The average Bonchev–Trinajstić information content (AvgIpc) is 3.79. The van der Waals surface area contributed by atoms with Crippen LogP contribution in [0.4, 0.5) is 4.79 Å². The van der Waals surface area contributed by atoms with Crippen LogP contribution in [-0.2, 0) is 43.3 Å². The third-order valence-electron chi connectivity index (χ3n) is 7.60. The predicted molar refractivity (Wildman–Crippen MR) is 162 cm³/mol. The van der Waals surface area contributed by atoms with Gasteiger partial charge < -0.3 is 30.0 Å². The van der Waals surface area contributed by atoms with Crippen LogP contribution in [0.25, 0.3) is 0 Å². The van der Waals surface area contributed by atoms with Crippen LogP contribution >= 0.6 is 0 Å². The van der Waals surface area contributed by atoms with E-state index in [1.165, 1.54) is 19.1 Å². The van der Waals surface area contributed by atoms with E-state index in [0.29, 0.717) is 5.75 Å². The molecule has 1 aliphatic heterocycles. The molecule has 3 N–H and O–H groups in total. The van der Waals surface area contributed by atoms with E-state index in [0.717, 1.165) is 16.7 Å². The highest BCUT2D eigenvalue weighted by Gasteiger charge is 2.50. The quantitative estimate of drug-likeness (QED) is 0.222. The van der Waals surface area contributed by atoms with Crippen molar-refractivity contribution in [2.24, 2.45) is 5.92 Å². The topological polar surface area (TPSA) is 144 Å². The lowest BCUT2D eigenvalue weighted by atomic mass is 9.89. The van der Waals surface area contributed by atoms with Crippen molar-refractivity contribution in [2.75, 3.05) is 13.7 Å². The Labute approximate surface area is 256 Å². The van der Waals surface area contributed by atoms with Crippen LogP contribution in [-0.4, -0.2) is 60.1 Å². The normalized spacial score (nSPS) is 17.4. The fourth-order valence-electron chi connectivity index (χ4n) is 4.73. The number of phenols is 1. The zero-order valence-electron chi connectivity index (χ0n) is 25.1. The molecule has 1 saturated heterocycles. The number of aromatic hydroxyl groups is 1. The van der Waals surface area contributed by atoms with Crippen LogP contribution in [0.5, 0.6) is 11.5 Å². The maximum absolute atomic E-state index is 13.8. The summed E-state index contributed by atoms with van der Waals surface area (Å²) < 4.78 is 15.9. The van der Waals surface area contributed by atoms with E-state index >= 15 is 0 Å². The minimum atomic E-state index is -0.991. The number of phenolic OH excluding ortho intramolecular Hbond substituents is 1. The van der Waals surface area contributed by atoms with Gasteiger partial charge in [-0.3, -0.25) is 14.4 Å². The highest BCUT2D eigenvalue weighted by Crippen LogP contribution is 2.29. The summed E-state index contributed by atoms with van der Waals surface area (Å²) in [6, 6.07) is 20.9. The Morgan fingerprint density at radius 2 is 1.50 bits per heavy atom. The summed E-state index contributed by atoms with van der Waals surface area (Å²) in [5.41, 5.74) is 1.34. The maximum Gasteiger partial charge on any atom is 0.408 e. The lowest BCUT2D eigenvalue weighted by Gasteiger charge is -2.24. The number of rotatable bonds is 15. The highest BCUT2D eigenvalue weighted by atomic mass is 16.6. The molecule has 1 fully saturated rings. The van der Waals surface area contributed by atoms with Gasteiger partial charge in [0.05, 0.1) is 25.8 Å². The summed E-state index contributed by atoms with van der Waals surface area (Å²) in [6.45, 7) is 3.52. The van der Waals surface area contributed by atoms with Gasteiger partial charge in [0, 0.05) is 12.3 Å². The van der Waals surface area contributed by atoms with Crippen LogP contribution in [0, 0.1) is 5.92 Å². The smallest absolute Gasteiger partial charge is 0.408 e. The molecule has 1 heterocycles. The number of methoxy groups -OCH3 is 1. The van der Waals surface area contributed by atoms with Crippen molar-refractivity contribution >= 4 is 23.6 Å². The number of carbonyl (C=O) groups is 4. The molecule has 232 valence electrons. The van der Waals surface area contributed by atoms with Gasteiger partial charge in [-0.25, -0.2) is 4.79 Å². The molecule has 0 aromatic heterocycles. The van der Waals surface area contributed by atoms with Gasteiger partial charge in [-0.1, -0.05) is 54.6 Å². The molecular weight excluding hydrogens is 564 g/mol. The number of carbonyl (C=O) groups excluding carboxylic acids is 4. The van der Waals surface area contributed by atoms with Gasteiger partial charge in [-0.15, -0.1) is 0 Å². The van der Waals surface area contributed by atoms with E-state index in [1.807, 2.05) is 42.5 Å². The molecule has 0 radical (unpaired) electrons. The Morgan fingerprint density at radius 1 is 0.886 bits per heavy atom. The largest absolute Gasteiger partial charge is 0.508 e. The van der Waals surface area contributed by atoms with Crippen LogP contribution in [0.2, 0.25) is 0 Å². The molecule has 0 bridgehead atoms. The van der Waals surface area contributed by atoms with Crippen molar-refractivity contribution in [3.8, 4) is 11.5 Å². The Hall–Kier alpha value is -4.70. The molecule has 4 rings (SSSR count). The fraction of sp³-hybridized carbons (Fsp3) is 0.353. The number of ether oxygens (including phenoxy) is 3. The fourth-order valence-corrected chi connectivity index (χ4v) is 4.73. The van der Waals surface area contributed by atoms with Gasteiger partial charge in [0.2, 0.25) is 5.91 Å². The molecule has 0 unspecified atom stereocenters. The summed E-state index contributed by atoms with van der Waals surface area (Å²) >= 11 is 0. The SMILES string of the molecule is COc1ccc(C[C@H](CC(=O)[C@@H](C)NC(=O)OCc2ccccc2)C(=O)N[C@@H](Cc2ccc(O)cc2)C(=O)[C@@]2(C)CO2)cc1. The van der Waals surface area contributed by atoms with Crippen molar-refractivity contribution in [1.82, 2.24) is 10.6 Å². The first-order chi connectivity index (χ1) is 21.1. The van der Waals surface area contributed by atoms with Gasteiger partial charge >= 0.3 is 6.09 Å². The first kappa shape index (κ1) is 32.2. The molecular formula is C34H38N2O8. The third-order valence-corrected chi connectivity index (χ3v) is 7.60. The molecule has 0 aliphatic carbocycles. The zero-order chi connectivity index (χ0) is 31.7. The zero-order valence-corrected chi connectivity index (χ0v) is 25.1. The van der Waals surface area contributed by atoms with Gasteiger partial charge in [-0.05, 0) is 67.6 Å². The van der Waals surface area contributed by atoms with Crippen molar-refractivity contribution in [3.63, 3.8) is 0 Å². The molecule has 10 heteroatoms. The molecule has 0 saturated carbocycles. The number of benzene rings is 3. The number of hydrogen-bond acceptors (Lipinski definition) is 8. The number of amides is 2. The summed E-state index contributed by atoms with van der Waals surface area (Å²) in [7, 11) is 1.55. The van der Waals surface area contributed by atoms with E-state index < -0.39 is 35.6 Å². The molecule has 2 amide bonds. The van der Waals surface area contributed by atoms with Crippen molar-refractivity contribution in [2.45, 2.75) is 57.4 Å². The summed E-state index contributed by atoms with van der Waals surface area (Å²) in [4.78, 5) is 52.8. The minimum absolute atomic E-state index is 0.0508. The van der Waals surface area contributed by atoms with Gasteiger partial charge in [-0.2, -0.15) is 0 Å². The Kier molecular flexibility index (Phi) is 10.7. The number of alkyl carbamates (subject to hydrolysis) is 1. The lowest BCUT2D eigenvalue weighted by Crippen LogP contribution is -2.50. The number of epoxide rings is 1. The summed E-state index contributed by atoms with van der Waals surface area (Å²) in [6.07, 6.45) is -0.548. The summed E-state index contributed by atoms with van der Waals surface area (Å²) in [5, 5.41) is 15.1. The number of hydrogen-bond donors (Lipinski definition) is 3. The number of ketones is 2. The second-order valence-electron chi connectivity index (χ2n) is 11.2. The Morgan fingerprint density at radius 3 is 2.11 bits per heavy atom. The second-order valence-corrected chi connectivity index (χ2v) is 11.2. The highest BCUT2D eigenvalue weighted by molar-refractivity contribution is 5.98. The van der Waals surface area contributed by atoms with E-state index in [4.69, 9.17) is 14.2 Å². The van der Waals surface area contributed by atoms with Gasteiger partial charge in [0.15, 0.2) is 11.6 Å². The second kappa shape index (κ2) is 14.7. The Balaban J connectivity index is 1.46.